The van der Waals surface area contributed by atoms with Gasteiger partial charge in [0.05, 0.1) is 6.61 Å². The summed E-state index contributed by atoms with van der Waals surface area (Å²) >= 11 is 0. The van der Waals surface area contributed by atoms with Gasteiger partial charge in [0.1, 0.15) is 0 Å². The Morgan fingerprint density at radius 1 is 1.44 bits per heavy atom. The molecule has 1 saturated carbocycles. The summed E-state index contributed by atoms with van der Waals surface area (Å²) in [6.45, 7) is 2.26. The summed E-state index contributed by atoms with van der Waals surface area (Å²) in [7, 11) is 0. The number of esters is 1. The molecule has 0 bridgehead atoms. The molecule has 2 rings (SSSR count). The second kappa shape index (κ2) is 5.71. The number of anilines is 1. The van der Waals surface area contributed by atoms with Gasteiger partial charge in [-0.05, 0) is 49.8 Å². The molecule has 3 heteroatoms. The second-order valence-corrected chi connectivity index (χ2v) is 4.66. The number of hydrogen-bond donors (Lipinski definition) is 1. The largest absolute Gasteiger partial charge is 0.463 e. The predicted octanol–water partition coefficient (Wildman–Crippen LogP) is 3.03. The molecule has 0 aliphatic heterocycles. The highest BCUT2D eigenvalue weighted by molar-refractivity contribution is 5.82. The SMILES string of the molecule is CCOC(=O)C=C1CCC(c2ccc(N)cc2)C1. The molecular formula is C15H19NO2. The topological polar surface area (TPSA) is 52.3 Å². The molecular weight excluding hydrogens is 226 g/mol. The Morgan fingerprint density at radius 2 is 2.17 bits per heavy atom. The molecule has 1 aromatic rings. The number of carbonyl (C=O) groups is 1. The number of benzene rings is 1. The highest BCUT2D eigenvalue weighted by atomic mass is 16.5. The zero-order chi connectivity index (χ0) is 13.0. The van der Waals surface area contributed by atoms with E-state index in [1.807, 2.05) is 19.1 Å². The number of nitrogens with two attached hydrogens (primary N) is 1. The Bertz CT molecular complexity index is 448. The van der Waals surface area contributed by atoms with E-state index < -0.39 is 0 Å². The second-order valence-electron chi connectivity index (χ2n) is 4.66. The van der Waals surface area contributed by atoms with Crippen LogP contribution in [0.3, 0.4) is 0 Å². The number of nitrogen functional groups attached to an aromatic ring is 1. The summed E-state index contributed by atoms with van der Waals surface area (Å²) in [4.78, 5) is 11.4. The van der Waals surface area contributed by atoms with Crippen LogP contribution in [-0.2, 0) is 9.53 Å². The highest BCUT2D eigenvalue weighted by Crippen LogP contribution is 2.37. The Morgan fingerprint density at radius 3 is 2.83 bits per heavy atom. The molecule has 0 aromatic heterocycles. The van der Waals surface area contributed by atoms with Gasteiger partial charge in [-0.1, -0.05) is 17.7 Å². The van der Waals surface area contributed by atoms with Gasteiger partial charge in [0.25, 0.3) is 0 Å². The zero-order valence-corrected chi connectivity index (χ0v) is 10.7. The quantitative estimate of drug-likeness (QED) is 0.506. The lowest BCUT2D eigenvalue weighted by Crippen LogP contribution is -2.00. The van der Waals surface area contributed by atoms with Crippen molar-refractivity contribution in [3.63, 3.8) is 0 Å². The standard InChI is InChI=1S/C15H19NO2/c1-2-18-15(17)10-11-3-4-13(9-11)12-5-7-14(16)8-6-12/h5-8,10,13H,2-4,9,16H2,1H3. The van der Waals surface area contributed by atoms with Crippen molar-refractivity contribution in [2.45, 2.75) is 32.1 Å². The van der Waals surface area contributed by atoms with Crippen LogP contribution in [0.2, 0.25) is 0 Å². The van der Waals surface area contributed by atoms with E-state index in [1.165, 1.54) is 11.1 Å². The third-order valence-corrected chi connectivity index (χ3v) is 3.34. The minimum atomic E-state index is -0.217. The Labute approximate surface area is 108 Å². The number of allylic oxidation sites excluding steroid dienone is 1. The molecule has 0 amide bonds. The van der Waals surface area contributed by atoms with Gasteiger partial charge in [0, 0.05) is 11.8 Å². The van der Waals surface area contributed by atoms with Crippen molar-refractivity contribution in [2.75, 3.05) is 12.3 Å². The van der Waals surface area contributed by atoms with Crippen LogP contribution < -0.4 is 5.73 Å². The fourth-order valence-corrected chi connectivity index (χ4v) is 2.41. The maximum Gasteiger partial charge on any atom is 0.330 e. The van der Waals surface area contributed by atoms with E-state index in [-0.39, 0.29) is 5.97 Å². The van der Waals surface area contributed by atoms with Crippen LogP contribution >= 0.6 is 0 Å². The van der Waals surface area contributed by atoms with Crippen LogP contribution in [0.25, 0.3) is 0 Å². The Balaban J connectivity index is 2.00. The van der Waals surface area contributed by atoms with E-state index in [1.54, 1.807) is 6.08 Å². The van der Waals surface area contributed by atoms with Crippen LogP contribution in [0.15, 0.2) is 35.9 Å². The molecule has 2 N–H and O–H groups in total. The molecule has 0 radical (unpaired) electrons. The maximum atomic E-state index is 11.4. The van der Waals surface area contributed by atoms with E-state index >= 15 is 0 Å². The monoisotopic (exact) mass is 245 g/mol. The molecule has 1 aliphatic carbocycles. The predicted molar refractivity (Wildman–Crippen MR) is 72.2 cm³/mol. The zero-order valence-electron chi connectivity index (χ0n) is 10.7. The molecule has 0 spiro atoms. The first-order valence-corrected chi connectivity index (χ1v) is 6.40. The molecule has 1 aliphatic rings. The number of ether oxygens (including phenoxy) is 1. The summed E-state index contributed by atoms with van der Waals surface area (Å²) in [5.41, 5.74) is 8.96. The number of hydrogen-bond acceptors (Lipinski definition) is 3. The molecule has 3 nitrogen and oxygen atoms in total. The van der Waals surface area contributed by atoms with Crippen LogP contribution in [0.5, 0.6) is 0 Å². The summed E-state index contributed by atoms with van der Waals surface area (Å²) in [5.74, 6) is 0.289. The number of rotatable bonds is 3. The fraction of sp³-hybridized carbons (Fsp3) is 0.400. The lowest BCUT2D eigenvalue weighted by Gasteiger charge is -2.08. The first-order valence-electron chi connectivity index (χ1n) is 6.40. The van der Waals surface area contributed by atoms with Gasteiger partial charge in [-0.15, -0.1) is 0 Å². The minimum Gasteiger partial charge on any atom is -0.463 e. The summed E-state index contributed by atoms with van der Waals surface area (Å²) in [6, 6.07) is 8.02. The molecule has 0 saturated heterocycles. The average Bonchev–Trinajstić information content (AvgIpc) is 2.78. The van der Waals surface area contributed by atoms with Gasteiger partial charge < -0.3 is 10.5 Å². The first kappa shape index (κ1) is 12.7. The van der Waals surface area contributed by atoms with Crippen molar-refractivity contribution in [3.05, 3.63) is 41.5 Å². The normalized spacial score (nSPS) is 21.2. The Hall–Kier alpha value is -1.77. The Kier molecular flexibility index (Phi) is 4.03. The molecule has 96 valence electrons. The molecule has 1 aromatic carbocycles. The van der Waals surface area contributed by atoms with Gasteiger partial charge in [0.15, 0.2) is 0 Å². The van der Waals surface area contributed by atoms with Gasteiger partial charge in [0.2, 0.25) is 0 Å². The van der Waals surface area contributed by atoms with Crippen LogP contribution in [-0.4, -0.2) is 12.6 Å². The van der Waals surface area contributed by atoms with Crippen molar-refractivity contribution in [3.8, 4) is 0 Å². The molecule has 0 heterocycles. The highest BCUT2D eigenvalue weighted by Gasteiger charge is 2.21. The first-order chi connectivity index (χ1) is 8.69. The number of carbonyl (C=O) groups excluding carboxylic acids is 1. The van der Waals surface area contributed by atoms with Crippen molar-refractivity contribution in [2.24, 2.45) is 0 Å². The van der Waals surface area contributed by atoms with E-state index in [9.17, 15) is 4.79 Å². The summed E-state index contributed by atoms with van der Waals surface area (Å²) < 4.78 is 4.93. The molecule has 1 unspecified atom stereocenters. The van der Waals surface area contributed by atoms with Crippen molar-refractivity contribution >= 4 is 11.7 Å². The van der Waals surface area contributed by atoms with Crippen molar-refractivity contribution in [1.29, 1.82) is 0 Å². The third-order valence-electron chi connectivity index (χ3n) is 3.34. The van der Waals surface area contributed by atoms with E-state index in [2.05, 4.69) is 12.1 Å². The fourth-order valence-electron chi connectivity index (χ4n) is 2.41. The molecule has 18 heavy (non-hydrogen) atoms. The van der Waals surface area contributed by atoms with Crippen molar-refractivity contribution < 1.29 is 9.53 Å². The van der Waals surface area contributed by atoms with Crippen molar-refractivity contribution in [1.82, 2.24) is 0 Å². The van der Waals surface area contributed by atoms with Gasteiger partial charge in [-0.25, -0.2) is 4.79 Å². The average molecular weight is 245 g/mol. The summed E-state index contributed by atoms with van der Waals surface area (Å²) in [6.07, 6.45) is 4.67. The van der Waals surface area contributed by atoms with Crippen LogP contribution in [0.4, 0.5) is 5.69 Å². The van der Waals surface area contributed by atoms with Gasteiger partial charge >= 0.3 is 5.97 Å². The van der Waals surface area contributed by atoms with Gasteiger partial charge in [-0.2, -0.15) is 0 Å². The van der Waals surface area contributed by atoms with Crippen LogP contribution in [0, 0.1) is 0 Å². The van der Waals surface area contributed by atoms with E-state index in [4.69, 9.17) is 10.5 Å². The van der Waals surface area contributed by atoms with Crippen LogP contribution in [0.1, 0.15) is 37.7 Å². The van der Waals surface area contributed by atoms with E-state index in [0.717, 1.165) is 24.9 Å². The van der Waals surface area contributed by atoms with Gasteiger partial charge in [-0.3, -0.25) is 0 Å². The molecule has 1 fully saturated rings. The smallest absolute Gasteiger partial charge is 0.330 e. The maximum absolute atomic E-state index is 11.4. The third kappa shape index (κ3) is 3.13. The lowest BCUT2D eigenvalue weighted by atomic mass is 9.97. The molecule has 1 atom stereocenters. The minimum absolute atomic E-state index is 0.217. The lowest BCUT2D eigenvalue weighted by molar-refractivity contribution is -0.137. The summed E-state index contributed by atoms with van der Waals surface area (Å²) in [5, 5.41) is 0. The van der Waals surface area contributed by atoms with E-state index in [0.29, 0.717) is 12.5 Å².